The predicted molar refractivity (Wildman–Crippen MR) is 79.5 cm³/mol. The average molecular weight is 292 g/mol. The standard InChI is InChI=1S/C15H20N2O4/c1-2-7-15(14(18)19)8-10-16(11-9-15)12-3-5-13(6-4-12)17(20)21/h3-6H,2,7-11H2,1H3,(H,18,19). The van der Waals surface area contributed by atoms with Crippen LogP contribution < -0.4 is 4.90 Å². The normalized spacial score (nSPS) is 17.5. The van der Waals surface area contributed by atoms with Gasteiger partial charge in [0.15, 0.2) is 0 Å². The maximum atomic E-state index is 11.5. The molecule has 1 N–H and O–H groups in total. The Morgan fingerprint density at radius 2 is 1.90 bits per heavy atom. The number of hydrogen-bond donors (Lipinski definition) is 1. The van der Waals surface area contributed by atoms with Crippen molar-refractivity contribution in [3.05, 3.63) is 34.4 Å². The molecule has 6 heteroatoms. The molecule has 1 saturated heterocycles. The summed E-state index contributed by atoms with van der Waals surface area (Å²) in [6, 6.07) is 6.43. The van der Waals surface area contributed by atoms with Gasteiger partial charge in [0.1, 0.15) is 0 Å². The number of piperidine rings is 1. The van der Waals surface area contributed by atoms with Crippen molar-refractivity contribution in [2.24, 2.45) is 5.41 Å². The van der Waals surface area contributed by atoms with E-state index in [0.717, 1.165) is 12.1 Å². The van der Waals surface area contributed by atoms with Gasteiger partial charge in [-0.15, -0.1) is 0 Å². The molecule has 114 valence electrons. The Morgan fingerprint density at radius 1 is 1.33 bits per heavy atom. The van der Waals surface area contributed by atoms with Crippen LogP contribution in [0.4, 0.5) is 11.4 Å². The van der Waals surface area contributed by atoms with Crippen molar-refractivity contribution in [3.63, 3.8) is 0 Å². The quantitative estimate of drug-likeness (QED) is 0.666. The third kappa shape index (κ3) is 3.15. The van der Waals surface area contributed by atoms with Crippen LogP contribution in [0.15, 0.2) is 24.3 Å². The van der Waals surface area contributed by atoms with Crippen molar-refractivity contribution in [2.75, 3.05) is 18.0 Å². The first-order valence-corrected chi connectivity index (χ1v) is 7.21. The highest BCUT2D eigenvalue weighted by atomic mass is 16.6. The van der Waals surface area contributed by atoms with Crippen LogP contribution >= 0.6 is 0 Å². The molecular formula is C15H20N2O4. The monoisotopic (exact) mass is 292 g/mol. The molecule has 0 saturated carbocycles. The second-order valence-electron chi connectivity index (χ2n) is 5.60. The number of nitro groups is 1. The molecule has 0 radical (unpaired) electrons. The molecule has 1 aliphatic rings. The molecule has 1 aromatic carbocycles. The van der Waals surface area contributed by atoms with Gasteiger partial charge in [-0.3, -0.25) is 14.9 Å². The second kappa shape index (κ2) is 6.11. The molecule has 0 aromatic heterocycles. The van der Waals surface area contributed by atoms with E-state index in [-0.39, 0.29) is 5.69 Å². The van der Waals surface area contributed by atoms with Crippen molar-refractivity contribution < 1.29 is 14.8 Å². The summed E-state index contributed by atoms with van der Waals surface area (Å²) in [5, 5.41) is 20.1. The van der Waals surface area contributed by atoms with Crippen LogP contribution in [0.25, 0.3) is 0 Å². The van der Waals surface area contributed by atoms with Crippen molar-refractivity contribution in [2.45, 2.75) is 32.6 Å². The number of rotatable bonds is 5. The maximum Gasteiger partial charge on any atom is 0.309 e. The summed E-state index contributed by atoms with van der Waals surface area (Å²) >= 11 is 0. The third-order valence-electron chi connectivity index (χ3n) is 4.33. The molecule has 0 unspecified atom stereocenters. The van der Waals surface area contributed by atoms with E-state index >= 15 is 0 Å². The lowest BCUT2D eigenvalue weighted by atomic mass is 9.75. The van der Waals surface area contributed by atoms with E-state index in [1.54, 1.807) is 12.1 Å². The molecule has 6 nitrogen and oxygen atoms in total. The molecule has 0 bridgehead atoms. The van der Waals surface area contributed by atoms with E-state index in [9.17, 15) is 20.0 Å². The number of nitrogens with zero attached hydrogens (tertiary/aromatic N) is 2. The Morgan fingerprint density at radius 3 is 2.33 bits per heavy atom. The first-order chi connectivity index (χ1) is 9.98. The molecule has 0 amide bonds. The van der Waals surface area contributed by atoms with Gasteiger partial charge in [-0.2, -0.15) is 0 Å². The van der Waals surface area contributed by atoms with E-state index in [2.05, 4.69) is 4.90 Å². The fourth-order valence-corrected chi connectivity index (χ4v) is 3.03. The molecular weight excluding hydrogens is 272 g/mol. The number of hydrogen-bond acceptors (Lipinski definition) is 4. The van der Waals surface area contributed by atoms with Crippen LogP contribution in [-0.2, 0) is 4.79 Å². The van der Waals surface area contributed by atoms with Gasteiger partial charge in [0.2, 0.25) is 0 Å². The van der Waals surface area contributed by atoms with E-state index in [4.69, 9.17) is 0 Å². The minimum Gasteiger partial charge on any atom is -0.481 e. The van der Waals surface area contributed by atoms with Crippen molar-refractivity contribution in [3.8, 4) is 0 Å². The van der Waals surface area contributed by atoms with Crippen molar-refractivity contribution in [1.82, 2.24) is 0 Å². The Hall–Kier alpha value is -2.11. The highest BCUT2D eigenvalue weighted by Gasteiger charge is 2.40. The first kappa shape index (κ1) is 15.3. The lowest BCUT2D eigenvalue weighted by molar-refractivity contribution is -0.384. The van der Waals surface area contributed by atoms with Crippen LogP contribution in [0.3, 0.4) is 0 Å². The summed E-state index contributed by atoms with van der Waals surface area (Å²) in [4.78, 5) is 23.9. The SMILES string of the molecule is CCCC1(C(=O)O)CCN(c2ccc([N+](=O)[O-])cc2)CC1. The molecule has 2 rings (SSSR count). The van der Waals surface area contributed by atoms with E-state index in [1.807, 2.05) is 6.92 Å². The Labute approximate surface area is 123 Å². The predicted octanol–water partition coefficient (Wildman–Crippen LogP) is 3.07. The van der Waals surface area contributed by atoms with Crippen LogP contribution in [0.5, 0.6) is 0 Å². The average Bonchev–Trinajstić information content (AvgIpc) is 2.48. The highest BCUT2D eigenvalue weighted by molar-refractivity contribution is 5.75. The Kier molecular flexibility index (Phi) is 4.45. The molecule has 0 atom stereocenters. The van der Waals surface area contributed by atoms with Gasteiger partial charge in [0, 0.05) is 30.9 Å². The van der Waals surface area contributed by atoms with Gasteiger partial charge in [-0.1, -0.05) is 13.3 Å². The number of benzene rings is 1. The molecule has 1 aliphatic heterocycles. The zero-order valence-electron chi connectivity index (χ0n) is 12.1. The van der Waals surface area contributed by atoms with Crippen LogP contribution in [0.2, 0.25) is 0 Å². The van der Waals surface area contributed by atoms with Crippen LogP contribution in [0.1, 0.15) is 32.6 Å². The number of anilines is 1. The summed E-state index contributed by atoms with van der Waals surface area (Å²) < 4.78 is 0. The molecule has 21 heavy (non-hydrogen) atoms. The minimum atomic E-state index is -0.701. The van der Waals surface area contributed by atoms with E-state index in [0.29, 0.717) is 32.4 Å². The molecule has 0 spiro atoms. The van der Waals surface area contributed by atoms with Gasteiger partial charge in [0.05, 0.1) is 10.3 Å². The first-order valence-electron chi connectivity index (χ1n) is 7.21. The second-order valence-corrected chi connectivity index (χ2v) is 5.60. The van der Waals surface area contributed by atoms with Gasteiger partial charge >= 0.3 is 5.97 Å². The topological polar surface area (TPSA) is 83.7 Å². The van der Waals surface area contributed by atoms with Crippen molar-refractivity contribution >= 4 is 17.3 Å². The lowest BCUT2D eigenvalue weighted by Gasteiger charge is -2.39. The maximum absolute atomic E-state index is 11.5. The summed E-state index contributed by atoms with van der Waals surface area (Å²) in [7, 11) is 0. The number of aliphatic carboxylic acids is 1. The largest absolute Gasteiger partial charge is 0.481 e. The van der Waals surface area contributed by atoms with Crippen LogP contribution in [-0.4, -0.2) is 29.1 Å². The summed E-state index contributed by atoms with van der Waals surface area (Å²) in [6.07, 6.45) is 2.81. The summed E-state index contributed by atoms with van der Waals surface area (Å²) in [5.41, 5.74) is 0.379. The smallest absolute Gasteiger partial charge is 0.309 e. The number of non-ortho nitro benzene ring substituents is 1. The zero-order valence-corrected chi connectivity index (χ0v) is 12.1. The number of nitro benzene ring substituents is 1. The molecule has 0 aliphatic carbocycles. The summed E-state index contributed by atoms with van der Waals surface area (Å²) in [6.45, 7) is 3.35. The van der Waals surface area contributed by atoms with E-state index in [1.165, 1.54) is 12.1 Å². The lowest BCUT2D eigenvalue weighted by Crippen LogP contribution is -2.44. The zero-order chi connectivity index (χ0) is 15.5. The number of carboxylic acid groups (broad SMARTS) is 1. The Balaban J connectivity index is 2.06. The fraction of sp³-hybridized carbons (Fsp3) is 0.533. The number of carbonyl (C=O) groups is 1. The highest BCUT2D eigenvalue weighted by Crippen LogP contribution is 2.38. The van der Waals surface area contributed by atoms with Crippen LogP contribution in [0, 0.1) is 15.5 Å². The van der Waals surface area contributed by atoms with Gasteiger partial charge in [-0.25, -0.2) is 0 Å². The van der Waals surface area contributed by atoms with E-state index < -0.39 is 16.3 Å². The molecule has 1 fully saturated rings. The number of carboxylic acids is 1. The Bertz CT molecular complexity index is 519. The molecule has 1 heterocycles. The summed E-state index contributed by atoms with van der Waals surface area (Å²) in [5.74, 6) is -0.701. The van der Waals surface area contributed by atoms with Gasteiger partial charge in [-0.05, 0) is 31.4 Å². The van der Waals surface area contributed by atoms with Gasteiger partial charge < -0.3 is 10.0 Å². The van der Waals surface area contributed by atoms with Crippen molar-refractivity contribution in [1.29, 1.82) is 0 Å². The fourth-order valence-electron chi connectivity index (χ4n) is 3.03. The molecule has 1 aromatic rings. The third-order valence-corrected chi connectivity index (χ3v) is 4.33. The minimum absolute atomic E-state index is 0.0709. The van der Waals surface area contributed by atoms with Gasteiger partial charge in [0.25, 0.3) is 5.69 Å².